The van der Waals surface area contributed by atoms with Crippen molar-refractivity contribution in [2.45, 2.75) is 26.7 Å². The first kappa shape index (κ1) is 15.6. The van der Waals surface area contributed by atoms with Crippen LogP contribution >= 0.6 is 0 Å². The van der Waals surface area contributed by atoms with Crippen LogP contribution < -0.4 is 0 Å². The van der Waals surface area contributed by atoms with Crippen LogP contribution in [-0.2, 0) is 9.59 Å². The molecule has 2 aromatic carbocycles. The summed E-state index contributed by atoms with van der Waals surface area (Å²) in [6.45, 7) is 5.86. The Hall–Kier alpha value is -2.80. The molecule has 2 rings (SSSR count). The van der Waals surface area contributed by atoms with Crippen molar-refractivity contribution in [2.24, 2.45) is 9.98 Å². The van der Waals surface area contributed by atoms with Crippen LogP contribution in [0.4, 0.5) is 11.4 Å². The third-order valence-corrected chi connectivity index (χ3v) is 3.77. The maximum absolute atomic E-state index is 10.8. The number of nitrogens with zero attached hydrogens (tertiary/aromatic N) is 2. The van der Waals surface area contributed by atoms with Crippen LogP contribution in [0.15, 0.2) is 46.4 Å². The minimum Gasteiger partial charge on any atom is -0.211 e. The smallest absolute Gasteiger partial charge is 0.211 e. The van der Waals surface area contributed by atoms with Crippen LogP contribution in [0.3, 0.4) is 0 Å². The van der Waals surface area contributed by atoms with E-state index in [0.29, 0.717) is 16.9 Å². The number of benzene rings is 2. The molecule has 0 N–H and O–H groups in total. The molecule has 0 amide bonds. The zero-order chi connectivity index (χ0) is 16.1. The molecule has 0 aromatic heterocycles. The third kappa shape index (κ3) is 3.09. The van der Waals surface area contributed by atoms with Gasteiger partial charge in [-0.05, 0) is 31.0 Å². The van der Waals surface area contributed by atoms with Gasteiger partial charge in [0.1, 0.15) is 0 Å². The van der Waals surface area contributed by atoms with E-state index < -0.39 is 0 Å². The molecular formula is C18H16N2O2. The van der Waals surface area contributed by atoms with Crippen molar-refractivity contribution in [3.63, 3.8) is 0 Å². The number of isocyanates is 2. The number of hydrogen-bond acceptors (Lipinski definition) is 4. The first-order chi connectivity index (χ1) is 10.6. The monoisotopic (exact) mass is 292 g/mol. The molecule has 0 aliphatic heterocycles. The number of hydrogen-bond donors (Lipinski definition) is 0. The van der Waals surface area contributed by atoms with Gasteiger partial charge in [-0.25, -0.2) is 9.59 Å². The van der Waals surface area contributed by atoms with Gasteiger partial charge in [0.05, 0.1) is 11.4 Å². The largest absolute Gasteiger partial charge is 0.240 e. The summed E-state index contributed by atoms with van der Waals surface area (Å²) in [5.74, 6) is 0.0555. The average molecular weight is 292 g/mol. The van der Waals surface area contributed by atoms with Gasteiger partial charge in [-0.2, -0.15) is 9.98 Å². The van der Waals surface area contributed by atoms with Crippen molar-refractivity contribution in [1.29, 1.82) is 0 Å². The standard InChI is InChI=1S/C18H16N2O2/c1-12-5-4-6-15(9-12)13(2)16-7-8-17(19-10-21)14(3)18(16)20-11-22/h4-9,13H,1-3H3. The highest BCUT2D eigenvalue weighted by molar-refractivity contribution is 5.69. The van der Waals surface area contributed by atoms with Crippen LogP contribution in [0, 0.1) is 13.8 Å². The van der Waals surface area contributed by atoms with E-state index >= 15 is 0 Å². The minimum absolute atomic E-state index is 0.0555. The number of rotatable bonds is 4. The zero-order valence-electron chi connectivity index (χ0n) is 12.8. The summed E-state index contributed by atoms with van der Waals surface area (Å²) in [7, 11) is 0. The fourth-order valence-electron chi connectivity index (χ4n) is 2.54. The molecule has 1 atom stereocenters. The van der Waals surface area contributed by atoms with E-state index in [-0.39, 0.29) is 5.92 Å². The van der Waals surface area contributed by atoms with Crippen molar-refractivity contribution in [2.75, 3.05) is 0 Å². The SMILES string of the molecule is Cc1cccc(C(C)c2ccc(N=C=O)c(C)c2N=C=O)c1. The summed E-state index contributed by atoms with van der Waals surface area (Å²) in [6.07, 6.45) is 3.10. The molecule has 110 valence electrons. The molecule has 0 aliphatic rings. The fourth-order valence-corrected chi connectivity index (χ4v) is 2.54. The van der Waals surface area contributed by atoms with Gasteiger partial charge in [-0.15, -0.1) is 0 Å². The summed E-state index contributed by atoms with van der Waals surface area (Å²) in [6, 6.07) is 11.8. The summed E-state index contributed by atoms with van der Waals surface area (Å²) in [4.78, 5) is 28.7. The van der Waals surface area contributed by atoms with Crippen molar-refractivity contribution < 1.29 is 9.59 Å². The van der Waals surface area contributed by atoms with Gasteiger partial charge in [-0.1, -0.05) is 42.8 Å². The molecule has 0 radical (unpaired) electrons. The van der Waals surface area contributed by atoms with E-state index in [9.17, 15) is 9.59 Å². The molecule has 1 unspecified atom stereocenters. The van der Waals surface area contributed by atoms with Gasteiger partial charge in [0.15, 0.2) is 0 Å². The van der Waals surface area contributed by atoms with Crippen molar-refractivity contribution in [3.8, 4) is 0 Å². The summed E-state index contributed by atoms with van der Waals surface area (Å²) in [5.41, 5.74) is 4.85. The molecule has 2 aromatic rings. The second kappa shape index (κ2) is 6.77. The Morgan fingerprint density at radius 3 is 2.36 bits per heavy atom. The van der Waals surface area contributed by atoms with Crippen LogP contribution in [-0.4, -0.2) is 12.2 Å². The summed E-state index contributed by atoms with van der Waals surface area (Å²) in [5, 5.41) is 0. The van der Waals surface area contributed by atoms with Crippen molar-refractivity contribution in [1.82, 2.24) is 0 Å². The lowest BCUT2D eigenvalue weighted by Crippen LogP contribution is -1.98. The molecule has 0 fully saturated rings. The highest BCUT2D eigenvalue weighted by atomic mass is 16.1. The topological polar surface area (TPSA) is 58.9 Å². The maximum Gasteiger partial charge on any atom is 0.240 e. The van der Waals surface area contributed by atoms with Gasteiger partial charge in [0.25, 0.3) is 0 Å². The Morgan fingerprint density at radius 2 is 1.73 bits per heavy atom. The van der Waals surface area contributed by atoms with Gasteiger partial charge in [0.2, 0.25) is 12.2 Å². The molecule has 0 spiro atoms. The van der Waals surface area contributed by atoms with Crippen molar-refractivity contribution >= 4 is 23.5 Å². The number of aryl methyl sites for hydroxylation is 1. The van der Waals surface area contributed by atoms with Gasteiger partial charge in [0, 0.05) is 11.5 Å². The van der Waals surface area contributed by atoms with Crippen molar-refractivity contribution in [3.05, 3.63) is 58.7 Å². The highest BCUT2D eigenvalue weighted by Crippen LogP contribution is 2.38. The van der Waals surface area contributed by atoms with E-state index in [2.05, 4.69) is 23.0 Å². The normalized spacial score (nSPS) is 11.2. The average Bonchev–Trinajstić information content (AvgIpc) is 2.51. The Bertz CT molecular complexity index is 799. The summed E-state index contributed by atoms with van der Waals surface area (Å²) < 4.78 is 0. The maximum atomic E-state index is 10.8. The molecule has 0 bridgehead atoms. The lowest BCUT2D eigenvalue weighted by atomic mass is 9.89. The predicted octanol–water partition coefficient (Wildman–Crippen LogP) is 4.39. The van der Waals surface area contributed by atoms with E-state index in [1.165, 1.54) is 11.6 Å². The fraction of sp³-hybridized carbons (Fsp3) is 0.222. The summed E-state index contributed by atoms with van der Waals surface area (Å²) >= 11 is 0. The first-order valence-electron chi connectivity index (χ1n) is 6.94. The number of carbonyl (C=O) groups excluding carboxylic acids is 2. The zero-order valence-corrected chi connectivity index (χ0v) is 12.8. The molecule has 0 saturated carbocycles. The van der Waals surface area contributed by atoms with E-state index in [1.807, 2.05) is 31.2 Å². The Labute approximate surface area is 129 Å². The molecule has 4 nitrogen and oxygen atoms in total. The molecular weight excluding hydrogens is 276 g/mol. The van der Waals surface area contributed by atoms with Gasteiger partial charge < -0.3 is 0 Å². The van der Waals surface area contributed by atoms with E-state index in [1.54, 1.807) is 19.1 Å². The third-order valence-electron chi connectivity index (χ3n) is 3.77. The van der Waals surface area contributed by atoms with Crippen LogP contribution in [0.2, 0.25) is 0 Å². The lowest BCUT2D eigenvalue weighted by Gasteiger charge is -2.17. The van der Waals surface area contributed by atoms with Crippen LogP contribution in [0.25, 0.3) is 0 Å². The molecule has 4 heteroatoms. The quantitative estimate of drug-likeness (QED) is 0.619. The highest BCUT2D eigenvalue weighted by Gasteiger charge is 2.16. The van der Waals surface area contributed by atoms with Gasteiger partial charge >= 0.3 is 0 Å². The second-order valence-corrected chi connectivity index (χ2v) is 5.19. The Balaban J connectivity index is 2.61. The second-order valence-electron chi connectivity index (χ2n) is 5.19. The molecule has 0 saturated heterocycles. The first-order valence-corrected chi connectivity index (χ1v) is 6.94. The van der Waals surface area contributed by atoms with E-state index in [4.69, 9.17) is 0 Å². The molecule has 22 heavy (non-hydrogen) atoms. The molecule has 0 heterocycles. The van der Waals surface area contributed by atoms with E-state index in [0.717, 1.165) is 11.1 Å². The Kier molecular flexibility index (Phi) is 4.80. The number of aliphatic imine (C=N–C) groups is 2. The van der Waals surface area contributed by atoms with Crippen LogP contribution in [0.5, 0.6) is 0 Å². The van der Waals surface area contributed by atoms with Gasteiger partial charge in [-0.3, -0.25) is 0 Å². The predicted molar refractivity (Wildman–Crippen MR) is 85.4 cm³/mol. The van der Waals surface area contributed by atoms with Crippen LogP contribution in [0.1, 0.15) is 35.1 Å². The lowest BCUT2D eigenvalue weighted by molar-refractivity contribution is 0.564. The molecule has 0 aliphatic carbocycles. The minimum atomic E-state index is 0.0555. The Morgan fingerprint density at radius 1 is 1.00 bits per heavy atom.